The number of nitrogens with one attached hydrogen (secondary N) is 1. The fraction of sp³-hybridized carbons (Fsp3) is 0.0714. The maximum Gasteiger partial charge on any atom is 0.228 e. The summed E-state index contributed by atoms with van der Waals surface area (Å²) in [5.74, 6) is -0.106. The number of anilines is 1. The Hall–Kier alpha value is -1.03. The summed E-state index contributed by atoms with van der Waals surface area (Å²) in [4.78, 5) is 11.9. The van der Waals surface area contributed by atoms with Gasteiger partial charge in [0.2, 0.25) is 5.91 Å². The van der Waals surface area contributed by atoms with Gasteiger partial charge in [-0.25, -0.2) is 0 Å². The highest BCUT2D eigenvalue weighted by Gasteiger charge is 2.07. The van der Waals surface area contributed by atoms with E-state index in [2.05, 4.69) is 21.2 Å². The van der Waals surface area contributed by atoms with Crippen LogP contribution in [0.5, 0.6) is 0 Å². The van der Waals surface area contributed by atoms with Crippen LogP contribution in [0.15, 0.2) is 46.9 Å². The van der Waals surface area contributed by atoms with Crippen molar-refractivity contribution in [3.63, 3.8) is 0 Å². The van der Waals surface area contributed by atoms with Crippen molar-refractivity contribution in [2.45, 2.75) is 6.42 Å². The summed E-state index contributed by atoms with van der Waals surface area (Å²) in [5.41, 5.74) is 1.56. The average Bonchev–Trinajstić information content (AvgIpc) is 2.37. The molecule has 0 heterocycles. The number of benzene rings is 2. The smallest absolute Gasteiger partial charge is 0.228 e. The predicted molar refractivity (Wildman–Crippen MR) is 82.9 cm³/mol. The van der Waals surface area contributed by atoms with Crippen molar-refractivity contribution in [2.24, 2.45) is 0 Å². The number of hydrogen-bond acceptors (Lipinski definition) is 1. The van der Waals surface area contributed by atoms with E-state index in [-0.39, 0.29) is 12.3 Å². The molecular weight excluding hydrogens is 349 g/mol. The Balaban J connectivity index is 2.05. The molecule has 0 atom stereocenters. The van der Waals surface area contributed by atoms with Crippen molar-refractivity contribution in [3.8, 4) is 0 Å². The van der Waals surface area contributed by atoms with Crippen LogP contribution in [0.1, 0.15) is 5.56 Å². The van der Waals surface area contributed by atoms with Crippen LogP contribution < -0.4 is 5.32 Å². The average molecular weight is 359 g/mol. The number of halogens is 3. The molecule has 0 aliphatic rings. The molecule has 0 aliphatic carbocycles. The van der Waals surface area contributed by atoms with Gasteiger partial charge in [-0.15, -0.1) is 0 Å². The van der Waals surface area contributed by atoms with Crippen LogP contribution in [-0.4, -0.2) is 5.91 Å². The Bertz CT molecular complexity index is 616. The first-order valence-electron chi connectivity index (χ1n) is 5.54. The quantitative estimate of drug-likeness (QED) is 0.827. The summed E-state index contributed by atoms with van der Waals surface area (Å²) in [6.45, 7) is 0. The highest BCUT2D eigenvalue weighted by atomic mass is 79.9. The van der Waals surface area contributed by atoms with Gasteiger partial charge in [-0.3, -0.25) is 4.79 Å². The van der Waals surface area contributed by atoms with Crippen LogP contribution in [0.25, 0.3) is 0 Å². The number of carbonyl (C=O) groups excluding carboxylic acids is 1. The minimum Gasteiger partial charge on any atom is -0.325 e. The van der Waals surface area contributed by atoms with Gasteiger partial charge in [0, 0.05) is 4.47 Å². The molecule has 19 heavy (non-hydrogen) atoms. The molecule has 0 spiro atoms. The van der Waals surface area contributed by atoms with Gasteiger partial charge in [-0.05, 0) is 45.8 Å². The minimum atomic E-state index is -0.106. The molecular formula is C14H10BrCl2NO. The van der Waals surface area contributed by atoms with Gasteiger partial charge >= 0.3 is 0 Å². The minimum absolute atomic E-state index is 0.106. The molecule has 0 unspecified atom stereocenters. The van der Waals surface area contributed by atoms with Crippen molar-refractivity contribution in [1.82, 2.24) is 0 Å². The Labute approximate surface area is 129 Å². The number of para-hydroxylation sites is 1. The van der Waals surface area contributed by atoms with Crippen molar-refractivity contribution in [3.05, 3.63) is 62.5 Å². The molecule has 2 aromatic carbocycles. The van der Waals surface area contributed by atoms with Gasteiger partial charge in [0.1, 0.15) is 0 Å². The molecule has 0 radical (unpaired) electrons. The van der Waals surface area contributed by atoms with E-state index < -0.39 is 0 Å². The summed E-state index contributed by atoms with van der Waals surface area (Å²) in [6, 6.07) is 12.6. The molecule has 2 nitrogen and oxygen atoms in total. The standard InChI is InChI=1S/C14H10BrCl2NO/c15-10-3-1-2-4-13(10)18-14(19)8-9-5-6-11(16)12(17)7-9/h1-7H,8H2,(H,18,19). The molecule has 0 aromatic heterocycles. The first-order chi connectivity index (χ1) is 9.06. The van der Waals surface area contributed by atoms with Crippen LogP contribution in [0.4, 0.5) is 5.69 Å². The number of rotatable bonds is 3. The summed E-state index contributed by atoms with van der Waals surface area (Å²) in [5, 5.41) is 3.77. The SMILES string of the molecule is O=C(Cc1ccc(Cl)c(Cl)c1)Nc1ccccc1Br. The zero-order valence-corrected chi connectivity index (χ0v) is 12.9. The maximum absolute atomic E-state index is 11.9. The van der Waals surface area contributed by atoms with E-state index in [1.54, 1.807) is 18.2 Å². The molecule has 0 saturated carbocycles. The van der Waals surface area contributed by atoms with Crippen molar-refractivity contribution in [2.75, 3.05) is 5.32 Å². The normalized spacial score (nSPS) is 10.3. The van der Waals surface area contributed by atoms with Crippen molar-refractivity contribution >= 4 is 50.7 Å². The van der Waals surface area contributed by atoms with Gasteiger partial charge in [0.05, 0.1) is 22.2 Å². The Morgan fingerprint density at radius 2 is 1.84 bits per heavy atom. The van der Waals surface area contributed by atoms with Crippen LogP contribution in [0.3, 0.4) is 0 Å². The van der Waals surface area contributed by atoms with E-state index in [0.717, 1.165) is 15.7 Å². The van der Waals surface area contributed by atoms with Crippen LogP contribution in [0, 0.1) is 0 Å². The highest BCUT2D eigenvalue weighted by molar-refractivity contribution is 9.10. The third-order valence-corrected chi connectivity index (χ3v) is 3.93. The first kappa shape index (κ1) is 14.4. The molecule has 0 fully saturated rings. The Kier molecular flexibility index (Phi) is 4.86. The summed E-state index contributed by atoms with van der Waals surface area (Å²) >= 11 is 15.1. The van der Waals surface area contributed by atoms with Crippen molar-refractivity contribution in [1.29, 1.82) is 0 Å². The molecule has 0 saturated heterocycles. The zero-order chi connectivity index (χ0) is 13.8. The first-order valence-corrected chi connectivity index (χ1v) is 7.09. The summed E-state index contributed by atoms with van der Waals surface area (Å²) in [6.07, 6.45) is 0.248. The van der Waals surface area contributed by atoms with Gasteiger partial charge in [0.15, 0.2) is 0 Å². The van der Waals surface area contributed by atoms with Gasteiger partial charge in [-0.2, -0.15) is 0 Å². The predicted octanol–water partition coefficient (Wildman–Crippen LogP) is 4.94. The Morgan fingerprint density at radius 1 is 1.11 bits per heavy atom. The molecule has 1 N–H and O–H groups in total. The lowest BCUT2D eigenvalue weighted by atomic mass is 10.1. The zero-order valence-electron chi connectivity index (χ0n) is 9.79. The third-order valence-electron chi connectivity index (χ3n) is 2.50. The Morgan fingerprint density at radius 3 is 2.53 bits per heavy atom. The molecule has 98 valence electrons. The van der Waals surface area contributed by atoms with E-state index in [4.69, 9.17) is 23.2 Å². The van der Waals surface area contributed by atoms with E-state index in [9.17, 15) is 4.79 Å². The van der Waals surface area contributed by atoms with E-state index >= 15 is 0 Å². The fourth-order valence-corrected chi connectivity index (χ4v) is 2.30. The topological polar surface area (TPSA) is 29.1 Å². The van der Waals surface area contributed by atoms with E-state index in [1.165, 1.54) is 0 Å². The van der Waals surface area contributed by atoms with Gasteiger partial charge in [0.25, 0.3) is 0 Å². The molecule has 1 amide bonds. The molecule has 5 heteroatoms. The molecule has 2 aromatic rings. The van der Waals surface area contributed by atoms with Gasteiger partial charge < -0.3 is 5.32 Å². The maximum atomic E-state index is 11.9. The monoisotopic (exact) mass is 357 g/mol. The second-order valence-corrected chi connectivity index (χ2v) is 5.62. The van der Waals surface area contributed by atoms with Gasteiger partial charge in [-0.1, -0.05) is 41.4 Å². The largest absolute Gasteiger partial charge is 0.325 e. The number of amides is 1. The molecule has 2 rings (SSSR count). The molecule has 0 aliphatic heterocycles. The summed E-state index contributed by atoms with van der Waals surface area (Å²) < 4.78 is 0.845. The van der Waals surface area contributed by atoms with Crippen LogP contribution >= 0.6 is 39.1 Å². The summed E-state index contributed by atoms with van der Waals surface area (Å²) in [7, 11) is 0. The van der Waals surface area contributed by atoms with Crippen LogP contribution in [-0.2, 0) is 11.2 Å². The third kappa shape index (κ3) is 3.96. The second-order valence-electron chi connectivity index (χ2n) is 3.95. The fourth-order valence-electron chi connectivity index (χ4n) is 1.59. The number of hydrogen-bond donors (Lipinski definition) is 1. The lowest BCUT2D eigenvalue weighted by Gasteiger charge is -2.07. The highest BCUT2D eigenvalue weighted by Crippen LogP contribution is 2.24. The van der Waals surface area contributed by atoms with Crippen LogP contribution in [0.2, 0.25) is 10.0 Å². The lowest BCUT2D eigenvalue weighted by molar-refractivity contribution is -0.115. The van der Waals surface area contributed by atoms with Crippen molar-refractivity contribution < 1.29 is 4.79 Å². The van der Waals surface area contributed by atoms with E-state index in [0.29, 0.717) is 10.0 Å². The lowest BCUT2D eigenvalue weighted by Crippen LogP contribution is -2.14. The second kappa shape index (κ2) is 6.42. The van der Waals surface area contributed by atoms with E-state index in [1.807, 2.05) is 24.3 Å². The molecule has 0 bridgehead atoms. The number of carbonyl (C=O) groups is 1.